The highest BCUT2D eigenvalue weighted by Crippen LogP contribution is 2.35. The molecule has 1 spiro atoms. The number of imidazole rings is 1. The van der Waals surface area contributed by atoms with E-state index in [-0.39, 0.29) is 30.4 Å². The quantitative estimate of drug-likeness (QED) is 0.827. The molecular weight excluding hydrogens is 371 g/mol. The van der Waals surface area contributed by atoms with E-state index < -0.39 is 0 Å². The van der Waals surface area contributed by atoms with Crippen LogP contribution in [-0.4, -0.2) is 53.3 Å². The van der Waals surface area contributed by atoms with Gasteiger partial charge in [-0.15, -0.1) is 24.8 Å². The van der Waals surface area contributed by atoms with Crippen molar-refractivity contribution < 1.29 is 4.74 Å². The number of aromatic nitrogens is 2. The second kappa shape index (κ2) is 8.89. The molecule has 2 aliphatic heterocycles. The first-order valence-electron chi connectivity index (χ1n) is 9.14. The van der Waals surface area contributed by atoms with E-state index in [0.717, 1.165) is 68.8 Å². The van der Waals surface area contributed by atoms with Crippen LogP contribution in [0, 0.1) is 6.92 Å². The lowest BCUT2D eigenvalue weighted by molar-refractivity contribution is -0.119. The van der Waals surface area contributed by atoms with Crippen molar-refractivity contribution in [1.82, 2.24) is 20.2 Å². The van der Waals surface area contributed by atoms with Crippen LogP contribution in [0.15, 0.2) is 18.2 Å². The lowest BCUT2D eigenvalue weighted by Crippen LogP contribution is -2.52. The molecule has 0 bridgehead atoms. The molecule has 146 valence electrons. The molecule has 4 rings (SSSR count). The Morgan fingerprint density at radius 1 is 1.27 bits per heavy atom. The second-order valence-corrected chi connectivity index (χ2v) is 7.55. The summed E-state index contributed by atoms with van der Waals surface area (Å²) < 4.78 is 6.21. The molecule has 26 heavy (non-hydrogen) atoms. The standard InChI is InChI=1S/C19H28N4O.2ClH/c1-14-3-4-16-17(11-14)22-18(21-16)13-23(2)15-5-10-24-19(12-15)6-8-20-9-7-19;;/h3-4,11,15,20H,5-10,12-13H2,1-2H3,(H,21,22);2*1H. The van der Waals surface area contributed by atoms with Crippen molar-refractivity contribution in [2.24, 2.45) is 0 Å². The highest BCUT2D eigenvalue weighted by Gasteiger charge is 2.39. The number of hydrogen-bond donors (Lipinski definition) is 2. The number of aromatic amines is 1. The van der Waals surface area contributed by atoms with Crippen LogP contribution in [0.5, 0.6) is 0 Å². The SMILES string of the molecule is Cc1ccc2nc(CN(C)C3CCOC4(CCNCC4)C3)[nH]c2c1.Cl.Cl. The third kappa shape index (κ3) is 4.52. The third-order valence-corrected chi connectivity index (χ3v) is 5.69. The van der Waals surface area contributed by atoms with Crippen molar-refractivity contribution in [3.63, 3.8) is 0 Å². The summed E-state index contributed by atoms with van der Waals surface area (Å²) in [5.74, 6) is 1.06. The zero-order valence-corrected chi connectivity index (χ0v) is 17.2. The van der Waals surface area contributed by atoms with Gasteiger partial charge in [0, 0.05) is 12.6 Å². The Bertz CT molecular complexity index is 709. The average molecular weight is 401 g/mol. The second-order valence-electron chi connectivity index (χ2n) is 7.55. The highest BCUT2D eigenvalue weighted by atomic mass is 35.5. The fourth-order valence-corrected chi connectivity index (χ4v) is 4.23. The first-order valence-corrected chi connectivity index (χ1v) is 9.14. The van der Waals surface area contributed by atoms with Crippen molar-refractivity contribution in [2.75, 3.05) is 26.7 Å². The van der Waals surface area contributed by atoms with Gasteiger partial charge in [-0.2, -0.15) is 0 Å². The zero-order chi connectivity index (χ0) is 16.6. The van der Waals surface area contributed by atoms with E-state index in [0.29, 0.717) is 6.04 Å². The minimum atomic E-state index is 0. The Morgan fingerprint density at radius 2 is 2.04 bits per heavy atom. The summed E-state index contributed by atoms with van der Waals surface area (Å²) in [5, 5.41) is 3.45. The number of ether oxygens (including phenoxy) is 1. The van der Waals surface area contributed by atoms with Crippen molar-refractivity contribution in [3.8, 4) is 0 Å². The van der Waals surface area contributed by atoms with Crippen molar-refractivity contribution in [1.29, 1.82) is 0 Å². The molecule has 1 aromatic heterocycles. The summed E-state index contributed by atoms with van der Waals surface area (Å²) >= 11 is 0. The Kier molecular flexibility index (Phi) is 7.34. The van der Waals surface area contributed by atoms with E-state index in [2.05, 4.69) is 47.4 Å². The van der Waals surface area contributed by atoms with Gasteiger partial charge in [-0.25, -0.2) is 4.98 Å². The van der Waals surface area contributed by atoms with E-state index in [1.807, 2.05) is 0 Å². The van der Waals surface area contributed by atoms with Crippen molar-refractivity contribution in [3.05, 3.63) is 29.6 Å². The van der Waals surface area contributed by atoms with Crippen LogP contribution in [0.3, 0.4) is 0 Å². The number of H-pyrrole nitrogens is 1. The fraction of sp³-hybridized carbons (Fsp3) is 0.632. The number of rotatable bonds is 3. The van der Waals surface area contributed by atoms with Crippen LogP contribution in [-0.2, 0) is 11.3 Å². The molecule has 0 radical (unpaired) electrons. The molecule has 2 fully saturated rings. The average Bonchev–Trinajstić information content (AvgIpc) is 2.97. The molecule has 3 heterocycles. The van der Waals surface area contributed by atoms with Crippen LogP contribution in [0.25, 0.3) is 11.0 Å². The maximum Gasteiger partial charge on any atom is 0.121 e. The molecule has 0 amide bonds. The fourth-order valence-electron chi connectivity index (χ4n) is 4.23. The Balaban J connectivity index is 0.00000121. The summed E-state index contributed by atoms with van der Waals surface area (Å²) in [5.41, 5.74) is 3.57. The molecule has 1 aromatic carbocycles. The predicted molar refractivity (Wildman–Crippen MR) is 111 cm³/mol. The summed E-state index contributed by atoms with van der Waals surface area (Å²) in [7, 11) is 2.23. The molecule has 2 saturated heterocycles. The van der Waals surface area contributed by atoms with Crippen molar-refractivity contribution in [2.45, 2.75) is 50.8 Å². The van der Waals surface area contributed by atoms with E-state index in [1.54, 1.807) is 0 Å². The molecule has 0 saturated carbocycles. The van der Waals surface area contributed by atoms with Crippen LogP contribution < -0.4 is 5.32 Å². The number of halogens is 2. The van der Waals surface area contributed by atoms with Gasteiger partial charge in [-0.1, -0.05) is 6.07 Å². The number of piperidine rings is 1. The molecule has 5 nitrogen and oxygen atoms in total. The van der Waals surface area contributed by atoms with Gasteiger partial charge in [-0.05, 0) is 70.4 Å². The minimum absolute atomic E-state index is 0. The first-order chi connectivity index (χ1) is 11.6. The van der Waals surface area contributed by atoms with Gasteiger partial charge in [0.2, 0.25) is 0 Å². The normalized spacial score (nSPS) is 22.2. The van der Waals surface area contributed by atoms with Gasteiger partial charge >= 0.3 is 0 Å². The molecule has 1 atom stereocenters. The zero-order valence-electron chi connectivity index (χ0n) is 15.6. The van der Waals surface area contributed by atoms with Gasteiger partial charge in [0.1, 0.15) is 5.82 Å². The molecule has 0 aliphatic carbocycles. The number of nitrogens with one attached hydrogen (secondary N) is 2. The lowest BCUT2D eigenvalue weighted by Gasteiger charge is -2.45. The number of hydrogen-bond acceptors (Lipinski definition) is 4. The Morgan fingerprint density at radius 3 is 2.81 bits per heavy atom. The monoisotopic (exact) mass is 400 g/mol. The summed E-state index contributed by atoms with van der Waals surface area (Å²) in [6.45, 7) is 6.03. The topological polar surface area (TPSA) is 53.2 Å². The molecule has 2 aliphatic rings. The van der Waals surface area contributed by atoms with Crippen LogP contribution >= 0.6 is 24.8 Å². The number of benzene rings is 1. The number of fused-ring (bicyclic) bond motifs is 1. The highest BCUT2D eigenvalue weighted by molar-refractivity contribution is 5.85. The Hall–Kier alpha value is -0.850. The number of nitrogens with zero attached hydrogens (tertiary/aromatic N) is 2. The van der Waals surface area contributed by atoms with Gasteiger partial charge in [-0.3, -0.25) is 4.90 Å². The third-order valence-electron chi connectivity index (χ3n) is 5.69. The van der Waals surface area contributed by atoms with Gasteiger partial charge in [0.15, 0.2) is 0 Å². The van der Waals surface area contributed by atoms with E-state index in [9.17, 15) is 0 Å². The maximum absolute atomic E-state index is 6.21. The molecule has 1 unspecified atom stereocenters. The molecular formula is C19H30Cl2N4O. The van der Waals surface area contributed by atoms with E-state index in [4.69, 9.17) is 9.72 Å². The van der Waals surface area contributed by atoms with Crippen LogP contribution in [0.1, 0.15) is 37.1 Å². The van der Waals surface area contributed by atoms with Crippen molar-refractivity contribution >= 4 is 35.8 Å². The smallest absolute Gasteiger partial charge is 0.121 e. The molecule has 2 N–H and O–H groups in total. The van der Waals surface area contributed by atoms with Gasteiger partial charge in [0.05, 0.1) is 23.2 Å². The van der Waals surface area contributed by atoms with E-state index in [1.165, 1.54) is 5.56 Å². The molecule has 2 aromatic rings. The summed E-state index contributed by atoms with van der Waals surface area (Å²) in [6, 6.07) is 6.97. The van der Waals surface area contributed by atoms with Gasteiger partial charge in [0.25, 0.3) is 0 Å². The van der Waals surface area contributed by atoms with Gasteiger partial charge < -0.3 is 15.0 Å². The maximum atomic E-state index is 6.21. The summed E-state index contributed by atoms with van der Waals surface area (Å²) in [4.78, 5) is 10.7. The predicted octanol–water partition coefficient (Wildman–Crippen LogP) is 3.45. The Labute approximate surface area is 168 Å². The summed E-state index contributed by atoms with van der Waals surface area (Å²) in [6.07, 6.45) is 4.54. The minimum Gasteiger partial charge on any atom is -0.375 e. The lowest BCUT2D eigenvalue weighted by atomic mass is 9.82. The van der Waals surface area contributed by atoms with Crippen LogP contribution in [0.2, 0.25) is 0 Å². The number of aryl methyl sites for hydroxylation is 1. The first kappa shape index (κ1) is 21.5. The van der Waals surface area contributed by atoms with Crippen LogP contribution in [0.4, 0.5) is 0 Å². The molecule has 7 heteroatoms. The van der Waals surface area contributed by atoms with E-state index >= 15 is 0 Å². The largest absolute Gasteiger partial charge is 0.375 e.